The molecule has 0 aliphatic carbocycles. The van der Waals surface area contributed by atoms with Gasteiger partial charge in [-0.25, -0.2) is 4.79 Å². The van der Waals surface area contributed by atoms with E-state index in [-0.39, 0.29) is 18.9 Å². The second-order valence-corrected chi connectivity index (χ2v) is 5.63. The van der Waals surface area contributed by atoms with E-state index in [1.807, 2.05) is 6.07 Å². The second kappa shape index (κ2) is 5.98. The molecule has 6 nitrogen and oxygen atoms in total. The van der Waals surface area contributed by atoms with Gasteiger partial charge in [0.1, 0.15) is 0 Å². The molecule has 0 radical (unpaired) electrons. The van der Waals surface area contributed by atoms with Crippen molar-refractivity contribution in [1.29, 1.82) is 0 Å². The predicted octanol–water partition coefficient (Wildman–Crippen LogP) is 1.68. The van der Waals surface area contributed by atoms with Crippen molar-refractivity contribution in [2.45, 2.75) is 12.5 Å². The third kappa shape index (κ3) is 2.80. The quantitative estimate of drug-likeness (QED) is 0.900. The number of hydrogen-bond acceptors (Lipinski definition) is 3. The zero-order valence-electron chi connectivity index (χ0n) is 11.7. The summed E-state index contributed by atoms with van der Waals surface area (Å²) >= 11 is 5.99. The maximum absolute atomic E-state index is 12.5. The molecule has 1 amide bonds. The van der Waals surface area contributed by atoms with Crippen LogP contribution in [-0.2, 0) is 20.7 Å². The maximum Gasteiger partial charge on any atom is 0.328 e. The van der Waals surface area contributed by atoms with Crippen molar-refractivity contribution in [3.05, 3.63) is 35.0 Å². The van der Waals surface area contributed by atoms with E-state index in [1.165, 1.54) is 4.90 Å². The number of carboxylic acids is 1. The molecule has 1 fully saturated rings. The van der Waals surface area contributed by atoms with E-state index in [0.717, 1.165) is 16.5 Å². The third-order valence-electron chi connectivity index (χ3n) is 3.81. The van der Waals surface area contributed by atoms with Gasteiger partial charge in [-0.3, -0.25) is 4.79 Å². The van der Waals surface area contributed by atoms with Gasteiger partial charge >= 0.3 is 5.97 Å². The highest BCUT2D eigenvalue weighted by Gasteiger charge is 2.32. The summed E-state index contributed by atoms with van der Waals surface area (Å²) in [4.78, 5) is 28.2. The molecular weight excluding hydrogens is 308 g/mol. The molecule has 2 N–H and O–H groups in total. The van der Waals surface area contributed by atoms with Crippen molar-refractivity contribution < 1.29 is 19.4 Å². The Kier molecular flexibility index (Phi) is 4.04. The van der Waals surface area contributed by atoms with Crippen LogP contribution in [-0.4, -0.2) is 52.7 Å². The lowest BCUT2D eigenvalue weighted by molar-refractivity contribution is -0.157. The molecule has 1 unspecified atom stereocenters. The highest BCUT2D eigenvalue weighted by molar-refractivity contribution is 6.31. The zero-order chi connectivity index (χ0) is 15.7. The Morgan fingerprint density at radius 1 is 1.45 bits per heavy atom. The first kappa shape index (κ1) is 14.9. The Morgan fingerprint density at radius 2 is 2.27 bits per heavy atom. The number of amides is 1. The van der Waals surface area contributed by atoms with E-state index < -0.39 is 12.0 Å². The van der Waals surface area contributed by atoms with Gasteiger partial charge in [0, 0.05) is 28.7 Å². The van der Waals surface area contributed by atoms with Gasteiger partial charge in [-0.15, -0.1) is 0 Å². The van der Waals surface area contributed by atoms with Gasteiger partial charge in [0.2, 0.25) is 5.91 Å². The summed E-state index contributed by atoms with van der Waals surface area (Å²) in [7, 11) is 0. The SMILES string of the molecule is O=C(O)C1COCCN1C(=O)Cc1c[nH]c2ccc(Cl)cc12. The molecule has 2 heterocycles. The van der Waals surface area contributed by atoms with Crippen molar-refractivity contribution in [2.75, 3.05) is 19.8 Å². The van der Waals surface area contributed by atoms with Crippen molar-refractivity contribution in [3.63, 3.8) is 0 Å². The predicted molar refractivity (Wildman–Crippen MR) is 81.0 cm³/mol. The van der Waals surface area contributed by atoms with Crippen LogP contribution >= 0.6 is 11.6 Å². The number of H-pyrrole nitrogens is 1. The summed E-state index contributed by atoms with van der Waals surface area (Å²) in [5.41, 5.74) is 1.70. The van der Waals surface area contributed by atoms with E-state index >= 15 is 0 Å². The fourth-order valence-corrected chi connectivity index (χ4v) is 2.84. The number of rotatable bonds is 3. The van der Waals surface area contributed by atoms with E-state index in [0.29, 0.717) is 18.2 Å². The Bertz CT molecular complexity index is 727. The van der Waals surface area contributed by atoms with Crippen molar-refractivity contribution in [3.8, 4) is 0 Å². The first-order valence-corrected chi connectivity index (χ1v) is 7.29. The van der Waals surface area contributed by atoms with Crippen LogP contribution in [0.1, 0.15) is 5.56 Å². The molecule has 1 aromatic heterocycles. The summed E-state index contributed by atoms with van der Waals surface area (Å²) in [6.07, 6.45) is 1.89. The van der Waals surface area contributed by atoms with Gasteiger partial charge in [-0.2, -0.15) is 0 Å². The van der Waals surface area contributed by atoms with Crippen LogP contribution in [0.4, 0.5) is 0 Å². The number of benzene rings is 1. The van der Waals surface area contributed by atoms with E-state index in [4.69, 9.17) is 16.3 Å². The van der Waals surface area contributed by atoms with Gasteiger partial charge in [0.15, 0.2) is 6.04 Å². The number of ether oxygens (including phenoxy) is 1. The summed E-state index contributed by atoms with van der Waals surface area (Å²) < 4.78 is 5.15. The first-order valence-electron chi connectivity index (χ1n) is 6.92. The average molecular weight is 323 g/mol. The number of carbonyl (C=O) groups is 2. The van der Waals surface area contributed by atoms with Gasteiger partial charge < -0.3 is 19.7 Å². The maximum atomic E-state index is 12.5. The van der Waals surface area contributed by atoms with Crippen molar-refractivity contribution >= 4 is 34.4 Å². The van der Waals surface area contributed by atoms with Crippen LogP contribution in [0.25, 0.3) is 10.9 Å². The molecule has 3 rings (SSSR count). The third-order valence-corrected chi connectivity index (χ3v) is 4.04. The minimum absolute atomic E-state index is 0.0286. The fraction of sp³-hybridized carbons (Fsp3) is 0.333. The van der Waals surface area contributed by atoms with Crippen LogP contribution in [0.3, 0.4) is 0 Å². The fourth-order valence-electron chi connectivity index (χ4n) is 2.67. The molecule has 0 spiro atoms. The van der Waals surface area contributed by atoms with Crippen LogP contribution in [0.5, 0.6) is 0 Å². The van der Waals surface area contributed by atoms with Gasteiger partial charge in [-0.1, -0.05) is 11.6 Å². The van der Waals surface area contributed by atoms with Crippen molar-refractivity contribution in [1.82, 2.24) is 9.88 Å². The lowest BCUT2D eigenvalue weighted by Gasteiger charge is -2.32. The van der Waals surface area contributed by atoms with Gasteiger partial charge in [0.05, 0.1) is 19.6 Å². The number of fused-ring (bicyclic) bond motifs is 1. The van der Waals surface area contributed by atoms with E-state index in [1.54, 1.807) is 18.3 Å². The number of aliphatic carboxylic acids is 1. The van der Waals surface area contributed by atoms with Gasteiger partial charge in [0.25, 0.3) is 0 Å². The number of hydrogen-bond donors (Lipinski definition) is 2. The Labute approximate surface area is 131 Å². The molecule has 1 atom stereocenters. The van der Waals surface area contributed by atoms with Crippen LogP contribution in [0, 0.1) is 0 Å². The molecule has 1 aliphatic heterocycles. The normalized spacial score (nSPS) is 18.6. The average Bonchev–Trinajstić information content (AvgIpc) is 2.89. The van der Waals surface area contributed by atoms with E-state index in [9.17, 15) is 14.7 Å². The minimum atomic E-state index is -1.05. The van der Waals surface area contributed by atoms with Crippen LogP contribution < -0.4 is 0 Å². The molecule has 7 heteroatoms. The smallest absolute Gasteiger partial charge is 0.328 e. The zero-order valence-corrected chi connectivity index (χ0v) is 12.5. The minimum Gasteiger partial charge on any atom is -0.480 e. The summed E-state index contributed by atoms with van der Waals surface area (Å²) in [5, 5.41) is 10.7. The number of carbonyl (C=O) groups excluding carboxylic acids is 1. The summed E-state index contributed by atoms with van der Waals surface area (Å²) in [6.45, 7) is 0.676. The molecule has 0 saturated carbocycles. The highest BCUT2D eigenvalue weighted by Crippen LogP contribution is 2.23. The number of nitrogens with one attached hydrogen (secondary N) is 1. The summed E-state index contributed by atoms with van der Waals surface area (Å²) in [6, 6.07) is 4.49. The highest BCUT2D eigenvalue weighted by atomic mass is 35.5. The largest absolute Gasteiger partial charge is 0.480 e. The molecule has 116 valence electrons. The number of morpholine rings is 1. The molecule has 1 aliphatic rings. The number of halogens is 1. The molecule has 0 bridgehead atoms. The number of aromatic amines is 1. The Balaban J connectivity index is 1.83. The Morgan fingerprint density at radius 3 is 3.05 bits per heavy atom. The number of nitrogens with zero attached hydrogens (tertiary/aromatic N) is 1. The summed E-state index contributed by atoms with van der Waals surface area (Å²) in [5.74, 6) is -1.27. The second-order valence-electron chi connectivity index (χ2n) is 5.20. The molecular formula is C15H15ClN2O4. The Hall–Kier alpha value is -2.05. The van der Waals surface area contributed by atoms with Crippen molar-refractivity contribution in [2.24, 2.45) is 0 Å². The molecule has 1 aromatic carbocycles. The van der Waals surface area contributed by atoms with Crippen LogP contribution in [0.15, 0.2) is 24.4 Å². The van der Waals surface area contributed by atoms with E-state index in [2.05, 4.69) is 4.98 Å². The number of aromatic nitrogens is 1. The van der Waals surface area contributed by atoms with Crippen LogP contribution in [0.2, 0.25) is 5.02 Å². The molecule has 1 saturated heterocycles. The topological polar surface area (TPSA) is 82.6 Å². The standard InChI is InChI=1S/C15H15ClN2O4/c16-10-1-2-12-11(6-10)9(7-17-12)5-14(19)18-3-4-22-8-13(18)15(20)21/h1-2,6-7,13,17H,3-5,8H2,(H,20,21). The lowest BCUT2D eigenvalue weighted by atomic mass is 10.1. The molecule has 2 aromatic rings. The monoisotopic (exact) mass is 322 g/mol. The number of carboxylic acid groups (broad SMARTS) is 1. The molecule has 22 heavy (non-hydrogen) atoms. The lowest BCUT2D eigenvalue weighted by Crippen LogP contribution is -2.53. The van der Waals surface area contributed by atoms with Gasteiger partial charge in [-0.05, 0) is 23.8 Å². The first-order chi connectivity index (χ1) is 10.6.